The number of nitrogens with one attached hydrogen (secondary N) is 1. The normalized spacial score (nSPS) is 27.0. The lowest BCUT2D eigenvalue weighted by Gasteiger charge is -2.44. The fourth-order valence-electron chi connectivity index (χ4n) is 3.02. The number of hydrazine groups is 1. The number of aliphatic hydroxyl groups is 1. The van der Waals surface area contributed by atoms with Crippen LogP contribution in [0.1, 0.15) is 13.3 Å². The second-order valence-corrected chi connectivity index (χ2v) is 5.99. The average molecular weight is 315 g/mol. The van der Waals surface area contributed by atoms with Crippen molar-refractivity contribution in [1.82, 2.24) is 10.3 Å². The molecule has 116 valence electrons. The van der Waals surface area contributed by atoms with Crippen LogP contribution >= 0.6 is 11.8 Å². The monoisotopic (exact) mass is 315 g/mol. The van der Waals surface area contributed by atoms with Gasteiger partial charge in [-0.15, -0.1) is 11.8 Å². The summed E-state index contributed by atoms with van der Waals surface area (Å²) in [5.74, 6) is 2.31. The molecule has 0 aromatic carbocycles. The Morgan fingerprint density at radius 1 is 1.52 bits per heavy atom. The molecule has 21 heavy (non-hydrogen) atoms. The molecule has 1 saturated heterocycles. The van der Waals surface area contributed by atoms with Crippen molar-refractivity contribution in [3.63, 3.8) is 0 Å². The summed E-state index contributed by atoms with van der Waals surface area (Å²) < 4.78 is 0. The quantitative estimate of drug-likeness (QED) is 0.213. The molecule has 5 N–H and O–H groups in total. The van der Waals surface area contributed by atoms with Gasteiger partial charge in [-0.1, -0.05) is 0 Å². The summed E-state index contributed by atoms with van der Waals surface area (Å²) in [5, 5.41) is 18.2. The Hall–Kier alpha value is -1.58. The number of aliphatic hydroxyl groups excluding tert-OH is 1. The van der Waals surface area contributed by atoms with Gasteiger partial charge in [-0.05, 0) is 25.2 Å². The number of nitrogens with two attached hydrogens (primary N) is 1. The van der Waals surface area contributed by atoms with Gasteiger partial charge in [-0.25, -0.2) is 10.6 Å². The molecule has 2 aliphatic heterocycles. The van der Waals surface area contributed by atoms with E-state index < -0.39 is 41.1 Å². The molecule has 2 aliphatic rings. The second-order valence-electron chi connectivity index (χ2n) is 5.05. The van der Waals surface area contributed by atoms with Gasteiger partial charge in [0.25, 0.3) is 5.91 Å². The summed E-state index contributed by atoms with van der Waals surface area (Å²) in [6.07, 6.45) is 1.06. The van der Waals surface area contributed by atoms with Crippen molar-refractivity contribution >= 4 is 29.5 Å². The Bertz CT molecular complexity index is 533. The predicted octanol–water partition coefficient (Wildman–Crippen LogP) is -1.34. The van der Waals surface area contributed by atoms with Gasteiger partial charge >= 0.3 is 5.97 Å². The van der Waals surface area contributed by atoms with Crippen molar-refractivity contribution < 1.29 is 24.6 Å². The van der Waals surface area contributed by atoms with Gasteiger partial charge in [0.2, 0.25) is 5.91 Å². The largest absolute Gasteiger partial charge is 0.477 e. The lowest BCUT2D eigenvalue weighted by Crippen LogP contribution is -2.61. The highest BCUT2D eigenvalue weighted by molar-refractivity contribution is 8.00. The predicted molar refractivity (Wildman–Crippen MR) is 74.7 cm³/mol. The Balaban J connectivity index is 2.39. The van der Waals surface area contributed by atoms with Crippen LogP contribution < -0.4 is 11.3 Å². The first-order valence-corrected chi connectivity index (χ1v) is 7.64. The van der Waals surface area contributed by atoms with E-state index in [1.165, 1.54) is 11.8 Å². The van der Waals surface area contributed by atoms with Gasteiger partial charge in [-0.2, -0.15) is 0 Å². The standard InChI is InChI=1S/C12H17N3O5S/c1-4(16)7-6-3-5(9(21-2)10(17)14-13)8(12(19)20)15(6)11(7)18/h4,6-7,9,16H,3,13H2,1-2H3,(H,14,17)(H,19,20). The van der Waals surface area contributed by atoms with Gasteiger partial charge in [0, 0.05) is 0 Å². The van der Waals surface area contributed by atoms with Crippen LogP contribution in [0.25, 0.3) is 0 Å². The van der Waals surface area contributed by atoms with E-state index in [0.717, 1.165) is 11.8 Å². The highest BCUT2D eigenvalue weighted by atomic mass is 32.2. The third kappa shape index (κ3) is 2.30. The summed E-state index contributed by atoms with van der Waals surface area (Å²) in [6.45, 7) is 1.50. The van der Waals surface area contributed by atoms with Crippen LogP contribution in [0.15, 0.2) is 11.3 Å². The summed E-state index contributed by atoms with van der Waals surface area (Å²) in [5.41, 5.74) is 2.21. The summed E-state index contributed by atoms with van der Waals surface area (Å²) in [6, 6.07) is -0.404. The van der Waals surface area contributed by atoms with E-state index in [9.17, 15) is 24.6 Å². The maximum Gasteiger partial charge on any atom is 0.352 e. The average Bonchev–Trinajstić information content (AvgIpc) is 2.74. The molecule has 0 spiro atoms. The van der Waals surface area contributed by atoms with Gasteiger partial charge in [0.05, 0.1) is 18.1 Å². The van der Waals surface area contributed by atoms with Crippen LogP contribution in [0.3, 0.4) is 0 Å². The number of rotatable bonds is 5. The zero-order valence-electron chi connectivity index (χ0n) is 11.6. The number of carboxylic acids is 1. The molecule has 2 rings (SSSR count). The number of fused-ring (bicyclic) bond motifs is 1. The number of amides is 2. The van der Waals surface area contributed by atoms with E-state index in [1.807, 2.05) is 5.43 Å². The summed E-state index contributed by atoms with van der Waals surface area (Å²) in [7, 11) is 0. The maximum atomic E-state index is 12.0. The highest BCUT2D eigenvalue weighted by Crippen LogP contribution is 2.46. The van der Waals surface area contributed by atoms with E-state index in [0.29, 0.717) is 5.57 Å². The molecule has 9 heteroatoms. The number of hydrogen-bond donors (Lipinski definition) is 4. The number of nitrogens with zero attached hydrogens (tertiary/aromatic N) is 1. The molecule has 4 unspecified atom stereocenters. The number of hydrogen-bond acceptors (Lipinski definition) is 6. The zero-order chi connectivity index (χ0) is 15.9. The van der Waals surface area contributed by atoms with Crippen LogP contribution in [0.2, 0.25) is 0 Å². The van der Waals surface area contributed by atoms with Crippen molar-refractivity contribution in [2.45, 2.75) is 30.7 Å². The van der Waals surface area contributed by atoms with Crippen LogP contribution in [0, 0.1) is 5.92 Å². The second kappa shape index (κ2) is 5.66. The SMILES string of the molecule is CSC(C(=O)NN)C1=C(C(=O)O)N2C(=O)C(C(C)O)C2C1. The van der Waals surface area contributed by atoms with E-state index in [2.05, 4.69) is 0 Å². The number of carbonyl (C=O) groups excluding carboxylic acids is 2. The van der Waals surface area contributed by atoms with E-state index in [1.54, 1.807) is 6.26 Å². The minimum absolute atomic E-state index is 0.162. The van der Waals surface area contributed by atoms with Crippen molar-refractivity contribution in [2.75, 3.05) is 6.26 Å². The van der Waals surface area contributed by atoms with Gasteiger partial charge in [0.1, 0.15) is 10.9 Å². The Morgan fingerprint density at radius 2 is 2.14 bits per heavy atom. The van der Waals surface area contributed by atoms with Gasteiger partial charge in [0.15, 0.2) is 0 Å². The number of β-lactam (4-membered cyclic amide) rings is 1. The molecule has 4 atom stereocenters. The molecule has 0 bridgehead atoms. The minimum Gasteiger partial charge on any atom is -0.477 e. The minimum atomic E-state index is -1.26. The van der Waals surface area contributed by atoms with Gasteiger partial charge < -0.3 is 15.1 Å². The number of carbonyl (C=O) groups is 3. The molecule has 1 fully saturated rings. The van der Waals surface area contributed by atoms with Crippen LogP contribution in [-0.2, 0) is 14.4 Å². The van der Waals surface area contributed by atoms with Crippen molar-refractivity contribution in [3.05, 3.63) is 11.3 Å². The molecule has 0 radical (unpaired) electrons. The summed E-state index contributed by atoms with van der Waals surface area (Å²) >= 11 is 1.15. The highest BCUT2D eigenvalue weighted by Gasteiger charge is 2.57. The first-order chi connectivity index (χ1) is 9.84. The topological polar surface area (TPSA) is 133 Å². The third-order valence-corrected chi connectivity index (χ3v) is 4.87. The number of aliphatic carboxylic acids is 1. The molecule has 2 heterocycles. The summed E-state index contributed by atoms with van der Waals surface area (Å²) in [4.78, 5) is 36.5. The fraction of sp³-hybridized carbons (Fsp3) is 0.583. The Labute approximate surface area is 125 Å². The lowest BCUT2D eigenvalue weighted by molar-refractivity contribution is -0.161. The van der Waals surface area contributed by atoms with E-state index >= 15 is 0 Å². The van der Waals surface area contributed by atoms with Crippen LogP contribution in [0.4, 0.5) is 0 Å². The number of carboxylic acid groups (broad SMARTS) is 1. The zero-order valence-corrected chi connectivity index (χ0v) is 12.4. The molecule has 8 nitrogen and oxygen atoms in total. The van der Waals surface area contributed by atoms with E-state index in [4.69, 9.17) is 5.84 Å². The van der Waals surface area contributed by atoms with Crippen LogP contribution in [0.5, 0.6) is 0 Å². The molecular weight excluding hydrogens is 298 g/mol. The molecule has 2 amide bonds. The fourth-order valence-corrected chi connectivity index (χ4v) is 3.80. The molecule has 0 saturated carbocycles. The maximum absolute atomic E-state index is 12.0. The first kappa shape index (κ1) is 15.8. The van der Waals surface area contributed by atoms with Crippen molar-refractivity contribution in [2.24, 2.45) is 11.8 Å². The molecule has 0 aliphatic carbocycles. The smallest absolute Gasteiger partial charge is 0.352 e. The van der Waals surface area contributed by atoms with Crippen molar-refractivity contribution in [3.8, 4) is 0 Å². The van der Waals surface area contributed by atoms with Crippen LogP contribution in [-0.4, -0.2) is 56.5 Å². The third-order valence-electron chi connectivity index (χ3n) is 3.90. The Kier molecular flexibility index (Phi) is 4.26. The molecule has 0 aromatic heterocycles. The molecule has 0 aromatic rings. The van der Waals surface area contributed by atoms with E-state index in [-0.39, 0.29) is 12.1 Å². The van der Waals surface area contributed by atoms with Crippen molar-refractivity contribution in [1.29, 1.82) is 0 Å². The molecular formula is C12H17N3O5S. The lowest BCUT2D eigenvalue weighted by atomic mass is 9.83. The van der Waals surface area contributed by atoms with Gasteiger partial charge in [-0.3, -0.25) is 15.0 Å². The Morgan fingerprint density at radius 3 is 2.57 bits per heavy atom. The number of thioether (sulfide) groups is 1. The first-order valence-electron chi connectivity index (χ1n) is 6.35.